The highest BCUT2D eigenvalue weighted by Crippen LogP contribution is 2.31. The van der Waals surface area contributed by atoms with Crippen molar-refractivity contribution in [1.82, 2.24) is 10.6 Å². The number of nitrogens with one attached hydrogen (secondary N) is 2. The van der Waals surface area contributed by atoms with Crippen molar-refractivity contribution in [2.75, 3.05) is 26.2 Å². The Bertz CT molecular complexity index is 289. The Morgan fingerprint density at radius 1 is 1.40 bits per heavy atom. The third kappa shape index (κ3) is 4.19. The molecule has 0 aromatic rings. The molecular weight excluding hydrogens is 252 g/mol. The van der Waals surface area contributed by atoms with Crippen molar-refractivity contribution in [2.24, 2.45) is 5.41 Å². The van der Waals surface area contributed by atoms with Gasteiger partial charge in [-0.1, -0.05) is 13.3 Å². The van der Waals surface area contributed by atoms with E-state index in [1.165, 1.54) is 12.8 Å². The Morgan fingerprint density at radius 3 is 2.95 bits per heavy atom. The van der Waals surface area contributed by atoms with Crippen LogP contribution in [0.25, 0.3) is 0 Å². The standard InChI is InChI=1S/C16H30N2O2/c1-2-8-16(9-5-10-17-13-16)15(19)18-11-7-14-6-3-4-12-20-14/h14,17H,2-13H2,1H3,(H,18,19). The number of rotatable bonds is 6. The van der Waals surface area contributed by atoms with E-state index in [2.05, 4.69) is 17.6 Å². The molecule has 116 valence electrons. The van der Waals surface area contributed by atoms with Crippen LogP contribution in [0.5, 0.6) is 0 Å². The van der Waals surface area contributed by atoms with Gasteiger partial charge in [0, 0.05) is 19.7 Å². The Hall–Kier alpha value is -0.610. The maximum absolute atomic E-state index is 12.6. The minimum Gasteiger partial charge on any atom is -0.378 e. The zero-order valence-corrected chi connectivity index (χ0v) is 12.9. The van der Waals surface area contributed by atoms with Gasteiger partial charge in [0.25, 0.3) is 0 Å². The summed E-state index contributed by atoms with van der Waals surface area (Å²) in [6.45, 7) is 5.71. The van der Waals surface area contributed by atoms with E-state index in [1.807, 2.05) is 0 Å². The molecule has 1 amide bonds. The first kappa shape index (κ1) is 15.8. The summed E-state index contributed by atoms with van der Waals surface area (Å²) in [5, 5.41) is 6.56. The van der Waals surface area contributed by atoms with Crippen LogP contribution in [0.2, 0.25) is 0 Å². The van der Waals surface area contributed by atoms with Gasteiger partial charge in [-0.15, -0.1) is 0 Å². The smallest absolute Gasteiger partial charge is 0.227 e. The minimum atomic E-state index is -0.166. The Balaban J connectivity index is 1.76. The molecule has 0 bridgehead atoms. The molecule has 4 heteroatoms. The van der Waals surface area contributed by atoms with Crippen molar-refractivity contribution < 1.29 is 9.53 Å². The molecule has 20 heavy (non-hydrogen) atoms. The summed E-state index contributed by atoms with van der Waals surface area (Å²) in [4.78, 5) is 12.6. The average Bonchev–Trinajstić information content (AvgIpc) is 2.49. The van der Waals surface area contributed by atoms with Crippen LogP contribution in [-0.4, -0.2) is 38.3 Å². The zero-order valence-electron chi connectivity index (χ0n) is 12.9. The number of hydrogen-bond acceptors (Lipinski definition) is 3. The number of piperidine rings is 1. The van der Waals surface area contributed by atoms with Gasteiger partial charge < -0.3 is 15.4 Å². The molecule has 4 nitrogen and oxygen atoms in total. The van der Waals surface area contributed by atoms with Crippen molar-refractivity contribution in [3.63, 3.8) is 0 Å². The average molecular weight is 282 g/mol. The second-order valence-electron chi connectivity index (χ2n) is 6.34. The molecule has 2 fully saturated rings. The van der Waals surface area contributed by atoms with Gasteiger partial charge in [0.2, 0.25) is 5.91 Å². The Morgan fingerprint density at radius 2 is 2.30 bits per heavy atom. The van der Waals surface area contributed by atoms with Gasteiger partial charge in [-0.3, -0.25) is 4.79 Å². The van der Waals surface area contributed by atoms with Crippen LogP contribution in [0, 0.1) is 5.41 Å². The summed E-state index contributed by atoms with van der Waals surface area (Å²) in [5.41, 5.74) is -0.166. The molecule has 0 saturated carbocycles. The van der Waals surface area contributed by atoms with Crippen LogP contribution >= 0.6 is 0 Å². The largest absolute Gasteiger partial charge is 0.378 e. The second kappa shape index (κ2) is 7.99. The highest BCUT2D eigenvalue weighted by Gasteiger charge is 2.38. The number of carbonyl (C=O) groups is 1. The van der Waals surface area contributed by atoms with Crippen LogP contribution in [0.15, 0.2) is 0 Å². The van der Waals surface area contributed by atoms with Crippen LogP contribution in [0.3, 0.4) is 0 Å². The summed E-state index contributed by atoms with van der Waals surface area (Å²) in [5.74, 6) is 0.252. The fourth-order valence-electron chi connectivity index (χ4n) is 3.54. The quantitative estimate of drug-likeness (QED) is 0.785. The first-order chi connectivity index (χ1) is 9.77. The van der Waals surface area contributed by atoms with Crippen molar-refractivity contribution in [3.8, 4) is 0 Å². The fraction of sp³-hybridized carbons (Fsp3) is 0.938. The summed E-state index contributed by atoms with van der Waals surface area (Å²) >= 11 is 0. The predicted octanol–water partition coefficient (Wildman–Crippen LogP) is 2.23. The van der Waals surface area contributed by atoms with E-state index in [1.54, 1.807) is 0 Å². The molecule has 2 unspecified atom stereocenters. The van der Waals surface area contributed by atoms with Crippen molar-refractivity contribution in [2.45, 2.75) is 64.4 Å². The predicted molar refractivity (Wildman–Crippen MR) is 80.7 cm³/mol. The minimum absolute atomic E-state index is 0.166. The molecule has 2 saturated heterocycles. The van der Waals surface area contributed by atoms with E-state index in [0.717, 1.165) is 64.8 Å². The number of carbonyl (C=O) groups excluding carboxylic acids is 1. The van der Waals surface area contributed by atoms with Crippen LogP contribution in [-0.2, 0) is 9.53 Å². The molecular formula is C16H30N2O2. The van der Waals surface area contributed by atoms with E-state index in [4.69, 9.17) is 4.74 Å². The SMILES string of the molecule is CCCC1(C(=O)NCCC2CCCCO2)CCCNC1. The number of ether oxygens (including phenoxy) is 1. The summed E-state index contributed by atoms with van der Waals surface area (Å²) in [7, 11) is 0. The van der Waals surface area contributed by atoms with E-state index < -0.39 is 0 Å². The Labute approximate surface area is 123 Å². The molecule has 0 radical (unpaired) electrons. The Kier molecular flexibility index (Phi) is 6.30. The first-order valence-electron chi connectivity index (χ1n) is 8.37. The van der Waals surface area contributed by atoms with Crippen molar-refractivity contribution >= 4 is 5.91 Å². The monoisotopic (exact) mass is 282 g/mol. The van der Waals surface area contributed by atoms with Gasteiger partial charge in [-0.2, -0.15) is 0 Å². The van der Waals surface area contributed by atoms with Gasteiger partial charge in [0.15, 0.2) is 0 Å². The third-order valence-electron chi connectivity index (χ3n) is 4.71. The maximum Gasteiger partial charge on any atom is 0.227 e. The zero-order chi connectivity index (χ0) is 14.3. The topological polar surface area (TPSA) is 50.4 Å². The van der Waals surface area contributed by atoms with E-state index in [0.29, 0.717) is 6.10 Å². The van der Waals surface area contributed by atoms with Crippen molar-refractivity contribution in [3.05, 3.63) is 0 Å². The van der Waals surface area contributed by atoms with E-state index >= 15 is 0 Å². The highest BCUT2D eigenvalue weighted by molar-refractivity contribution is 5.83. The summed E-state index contributed by atoms with van der Waals surface area (Å²) in [6.07, 6.45) is 9.12. The van der Waals surface area contributed by atoms with E-state index in [-0.39, 0.29) is 11.3 Å². The molecule has 2 N–H and O–H groups in total. The van der Waals surface area contributed by atoms with Gasteiger partial charge in [0.1, 0.15) is 0 Å². The van der Waals surface area contributed by atoms with Gasteiger partial charge >= 0.3 is 0 Å². The maximum atomic E-state index is 12.6. The lowest BCUT2D eigenvalue weighted by Crippen LogP contribution is -2.50. The summed E-state index contributed by atoms with van der Waals surface area (Å²) < 4.78 is 5.71. The normalized spacial score (nSPS) is 30.9. The molecule has 2 aliphatic heterocycles. The van der Waals surface area contributed by atoms with Crippen LogP contribution < -0.4 is 10.6 Å². The van der Waals surface area contributed by atoms with Gasteiger partial charge in [-0.05, 0) is 51.5 Å². The third-order valence-corrected chi connectivity index (χ3v) is 4.71. The van der Waals surface area contributed by atoms with Crippen molar-refractivity contribution in [1.29, 1.82) is 0 Å². The van der Waals surface area contributed by atoms with Crippen LogP contribution in [0.4, 0.5) is 0 Å². The van der Waals surface area contributed by atoms with Gasteiger partial charge in [0.05, 0.1) is 11.5 Å². The second-order valence-corrected chi connectivity index (χ2v) is 6.34. The molecule has 0 aromatic heterocycles. The molecule has 0 aromatic carbocycles. The molecule has 0 aliphatic carbocycles. The molecule has 2 atom stereocenters. The molecule has 0 spiro atoms. The summed E-state index contributed by atoms with van der Waals surface area (Å²) in [6, 6.07) is 0. The van der Waals surface area contributed by atoms with Gasteiger partial charge in [-0.25, -0.2) is 0 Å². The van der Waals surface area contributed by atoms with E-state index in [9.17, 15) is 4.79 Å². The lowest BCUT2D eigenvalue weighted by molar-refractivity contribution is -0.132. The lowest BCUT2D eigenvalue weighted by Gasteiger charge is -2.36. The first-order valence-corrected chi connectivity index (χ1v) is 8.37. The molecule has 2 aliphatic rings. The van der Waals surface area contributed by atoms with Crippen LogP contribution in [0.1, 0.15) is 58.3 Å². The molecule has 2 rings (SSSR count). The molecule has 2 heterocycles. The highest BCUT2D eigenvalue weighted by atomic mass is 16.5. The fourth-order valence-corrected chi connectivity index (χ4v) is 3.54. The number of hydrogen-bond donors (Lipinski definition) is 2. The lowest BCUT2D eigenvalue weighted by atomic mass is 9.76. The number of amides is 1.